The van der Waals surface area contributed by atoms with E-state index in [2.05, 4.69) is 27.7 Å². The molecule has 0 atom stereocenters. The Morgan fingerprint density at radius 1 is 0.462 bits per heavy atom. The quantitative estimate of drug-likeness (QED) is 0.0635. The van der Waals surface area contributed by atoms with E-state index in [-0.39, 0.29) is 11.9 Å². The SMILES string of the molecule is CC(C)CCCCCCCCCOC(=O)CCCCSCCCCC(=O)OCCCCCCCCCC(C)C. The highest BCUT2D eigenvalue weighted by atomic mass is 32.2. The molecule has 0 rings (SSSR count). The summed E-state index contributed by atoms with van der Waals surface area (Å²) in [6.45, 7) is 10.4. The van der Waals surface area contributed by atoms with Crippen molar-refractivity contribution in [1.29, 1.82) is 0 Å². The molecule has 0 aromatic heterocycles. The van der Waals surface area contributed by atoms with Gasteiger partial charge in [-0.25, -0.2) is 0 Å². The maximum absolute atomic E-state index is 11.9. The minimum absolute atomic E-state index is 0.0377. The van der Waals surface area contributed by atoms with Gasteiger partial charge in [-0.05, 0) is 61.9 Å². The molecule has 0 aromatic carbocycles. The van der Waals surface area contributed by atoms with Crippen molar-refractivity contribution < 1.29 is 19.1 Å². The van der Waals surface area contributed by atoms with Gasteiger partial charge in [-0.1, -0.05) is 118 Å². The summed E-state index contributed by atoms with van der Waals surface area (Å²) in [5.74, 6) is 3.74. The molecule has 0 N–H and O–H groups in total. The molecule has 39 heavy (non-hydrogen) atoms. The first-order chi connectivity index (χ1) is 18.9. The lowest BCUT2D eigenvalue weighted by atomic mass is 10.0. The van der Waals surface area contributed by atoms with Crippen molar-refractivity contribution in [3.63, 3.8) is 0 Å². The van der Waals surface area contributed by atoms with Crippen LogP contribution in [-0.4, -0.2) is 36.7 Å². The average Bonchev–Trinajstić information content (AvgIpc) is 2.89. The van der Waals surface area contributed by atoms with Crippen molar-refractivity contribution in [3.8, 4) is 0 Å². The molecular formula is C34H66O4S. The standard InChI is InChI=1S/C34H66O4S/c1-31(2)23-15-11-7-5-9-13-19-27-37-33(35)25-17-21-29-39-30-22-18-26-34(36)38-28-20-14-10-6-8-12-16-24-32(3)4/h31-32H,5-30H2,1-4H3. The molecule has 232 valence electrons. The second-order valence-electron chi connectivity index (χ2n) is 12.3. The van der Waals surface area contributed by atoms with Crippen molar-refractivity contribution in [3.05, 3.63) is 0 Å². The van der Waals surface area contributed by atoms with E-state index in [4.69, 9.17) is 9.47 Å². The third-order valence-electron chi connectivity index (χ3n) is 7.22. The lowest BCUT2D eigenvalue weighted by Gasteiger charge is -2.06. The summed E-state index contributed by atoms with van der Waals surface area (Å²) in [5.41, 5.74) is 0. The van der Waals surface area contributed by atoms with E-state index in [1.165, 1.54) is 89.9 Å². The molecule has 0 aliphatic carbocycles. The molecule has 0 fully saturated rings. The number of hydrogen-bond acceptors (Lipinski definition) is 5. The van der Waals surface area contributed by atoms with Crippen LogP contribution in [0.3, 0.4) is 0 Å². The van der Waals surface area contributed by atoms with Crippen LogP contribution in [0.25, 0.3) is 0 Å². The van der Waals surface area contributed by atoms with Gasteiger partial charge >= 0.3 is 11.9 Å². The number of unbranched alkanes of at least 4 members (excludes halogenated alkanes) is 14. The monoisotopic (exact) mass is 570 g/mol. The molecule has 0 radical (unpaired) electrons. The van der Waals surface area contributed by atoms with E-state index in [9.17, 15) is 9.59 Å². The predicted molar refractivity (Wildman–Crippen MR) is 170 cm³/mol. The minimum atomic E-state index is -0.0377. The van der Waals surface area contributed by atoms with Gasteiger partial charge in [0.05, 0.1) is 13.2 Å². The van der Waals surface area contributed by atoms with Gasteiger partial charge in [-0.3, -0.25) is 9.59 Å². The second kappa shape index (κ2) is 30.3. The summed E-state index contributed by atoms with van der Waals surface area (Å²) in [5, 5.41) is 0. The molecule has 0 aromatic rings. The van der Waals surface area contributed by atoms with Crippen molar-refractivity contribution in [1.82, 2.24) is 0 Å². The summed E-state index contributed by atoms with van der Waals surface area (Å²) in [6.07, 6.45) is 25.3. The number of esters is 2. The predicted octanol–water partition coefficient (Wildman–Crippen LogP) is 10.7. The Labute approximate surface area is 247 Å². The minimum Gasteiger partial charge on any atom is -0.466 e. The summed E-state index contributed by atoms with van der Waals surface area (Å²) < 4.78 is 10.8. The largest absolute Gasteiger partial charge is 0.466 e. The maximum Gasteiger partial charge on any atom is 0.305 e. The first kappa shape index (κ1) is 38.3. The van der Waals surface area contributed by atoms with E-state index in [0.717, 1.165) is 61.9 Å². The molecule has 0 saturated heterocycles. The number of carbonyl (C=O) groups is 2. The Kier molecular flexibility index (Phi) is 29.7. The summed E-state index contributed by atoms with van der Waals surface area (Å²) in [4.78, 5) is 23.7. The zero-order valence-corrected chi connectivity index (χ0v) is 27.4. The Balaban J connectivity index is 3.26. The van der Waals surface area contributed by atoms with E-state index >= 15 is 0 Å². The first-order valence-corrected chi connectivity index (χ1v) is 18.0. The lowest BCUT2D eigenvalue weighted by molar-refractivity contribution is -0.144. The van der Waals surface area contributed by atoms with Crippen molar-refractivity contribution in [2.24, 2.45) is 11.8 Å². The number of hydrogen-bond donors (Lipinski definition) is 0. The van der Waals surface area contributed by atoms with Gasteiger partial charge in [0.25, 0.3) is 0 Å². The van der Waals surface area contributed by atoms with Crippen LogP contribution in [-0.2, 0) is 19.1 Å². The highest BCUT2D eigenvalue weighted by molar-refractivity contribution is 7.99. The van der Waals surface area contributed by atoms with Crippen LogP contribution in [0, 0.1) is 11.8 Å². The molecule has 0 amide bonds. The summed E-state index contributed by atoms with van der Waals surface area (Å²) >= 11 is 1.92. The topological polar surface area (TPSA) is 52.6 Å². The van der Waals surface area contributed by atoms with Crippen LogP contribution in [0.2, 0.25) is 0 Å². The fourth-order valence-electron chi connectivity index (χ4n) is 4.64. The van der Waals surface area contributed by atoms with Gasteiger partial charge in [0.2, 0.25) is 0 Å². The third kappa shape index (κ3) is 33.4. The molecule has 0 saturated carbocycles. The molecule has 0 aliphatic heterocycles. The summed E-state index contributed by atoms with van der Waals surface area (Å²) in [6, 6.07) is 0. The van der Waals surface area contributed by atoms with Gasteiger partial charge in [0.15, 0.2) is 0 Å². The first-order valence-electron chi connectivity index (χ1n) is 16.8. The number of ether oxygens (including phenoxy) is 2. The maximum atomic E-state index is 11.9. The van der Waals surface area contributed by atoms with Crippen LogP contribution in [0.15, 0.2) is 0 Å². The van der Waals surface area contributed by atoms with Gasteiger partial charge in [-0.2, -0.15) is 11.8 Å². The Hall–Kier alpha value is -0.710. The Morgan fingerprint density at radius 2 is 0.795 bits per heavy atom. The van der Waals surface area contributed by atoms with Crippen LogP contribution in [0.5, 0.6) is 0 Å². The van der Waals surface area contributed by atoms with Crippen LogP contribution < -0.4 is 0 Å². The normalized spacial score (nSPS) is 11.4. The Bertz CT molecular complexity index is 489. The third-order valence-corrected chi connectivity index (χ3v) is 8.37. The molecule has 0 bridgehead atoms. The zero-order valence-electron chi connectivity index (χ0n) is 26.6. The molecule has 0 unspecified atom stereocenters. The molecule has 0 spiro atoms. The second-order valence-corrected chi connectivity index (χ2v) is 13.5. The van der Waals surface area contributed by atoms with Gasteiger partial charge in [0, 0.05) is 12.8 Å². The van der Waals surface area contributed by atoms with Gasteiger partial charge in [-0.15, -0.1) is 0 Å². The fraction of sp³-hybridized carbons (Fsp3) is 0.941. The zero-order chi connectivity index (χ0) is 28.8. The summed E-state index contributed by atoms with van der Waals surface area (Å²) in [7, 11) is 0. The average molecular weight is 571 g/mol. The van der Waals surface area contributed by atoms with E-state index < -0.39 is 0 Å². The van der Waals surface area contributed by atoms with E-state index in [1.54, 1.807) is 0 Å². The molecule has 0 aliphatic rings. The Morgan fingerprint density at radius 3 is 1.15 bits per heavy atom. The lowest BCUT2D eigenvalue weighted by Crippen LogP contribution is -2.06. The van der Waals surface area contributed by atoms with E-state index in [1.807, 2.05) is 11.8 Å². The molecule has 0 heterocycles. The molecular weight excluding hydrogens is 504 g/mol. The smallest absolute Gasteiger partial charge is 0.305 e. The van der Waals surface area contributed by atoms with Crippen molar-refractivity contribution in [2.75, 3.05) is 24.7 Å². The molecule has 4 nitrogen and oxygen atoms in total. The molecule has 5 heteroatoms. The number of rotatable bonds is 30. The van der Waals surface area contributed by atoms with Crippen molar-refractivity contribution >= 4 is 23.7 Å². The number of carbonyl (C=O) groups excluding carboxylic acids is 2. The van der Waals surface area contributed by atoms with Crippen LogP contribution in [0.1, 0.15) is 169 Å². The van der Waals surface area contributed by atoms with Gasteiger partial charge < -0.3 is 9.47 Å². The highest BCUT2D eigenvalue weighted by Crippen LogP contribution is 2.14. The van der Waals surface area contributed by atoms with Crippen molar-refractivity contribution in [2.45, 2.75) is 169 Å². The number of thioether (sulfide) groups is 1. The fourth-order valence-corrected chi connectivity index (χ4v) is 5.66. The van der Waals surface area contributed by atoms with Gasteiger partial charge in [0.1, 0.15) is 0 Å². The van der Waals surface area contributed by atoms with E-state index in [0.29, 0.717) is 26.1 Å². The van der Waals surface area contributed by atoms with Crippen LogP contribution in [0.4, 0.5) is 0 Å². The highest BCUT2D eigenvalue weighted by Gasteiger charge is 2.04. The van der Waals surface area contributed by atoms with Crippen LogP contribution >= 0.6 is 11.8 Å².